The Morgan fingerprint density at radius 1 is 1.16 bits per heavy atom. The van der Waals surface area contributed by atoms with E-state index >= 15 is 0 Å². The first-order chi connectivity index (χ1) is 11.9. The van der Waals surface area contributed by atoms with Crippen molar-refractivity contribution in [1.29, 1.82) is 0 Å². The largest absolute Gasteiger partial charge is 0.485 e. The van der Waals surface area contributed by atoms with Gasteiger partial charge < -0.3 is 15.2 Å². The first-order valence-corrected chi connectivity index (χ1v) is 8.97. The number of rotatable bonds is 8. The third-order valence-corrected chi connectivity index (χ3v) is 4.39. The van der Waals surface area contributed by atoms with Crippen molar-refractivity contribution in [3.8, 4) is 5.75 Å². The highest BCUT2D eigenvalue weighted by Gasteiger charge is 2.15. The van der Waals surface area contributed by atoms with Gasteiger partial charge in [0.1, 0.15) is 12.7 Å². The van der Waals surface area contributed by atoms with Crippen molar-refractivity contribution in [3.63, 3.8) is 0 Å². The summed E-state index contributed by atoms with van der Waals surface area (Å²) in [5.74, 6) is -2.10. The van der Waals surface area contributed by atoms with E-state index in [1.807, 2.05) is 19.1 Å². The summed E-state index contributed by atoms with van der Waals surface area (Å²) in [6, 6.07) is 10.5. The molecule has 0 saturated heterocycles. The molecular weight excluding hydrogens is 392 g/mol. The molecule has 2 atom stereocenters. The van der Waals surface area contributed by atoms with E-state index in [0.717, 1.165) is 24.1 Å². The molecule has 2 N–H and O–H groups in total. The zero-order valence-corrected chi connectivity index (χ0v) is 15.8. The molecule has 0 aliphatic carbocycles. The van der Waals surface area contributed by atoms with Crippen LogP contribution < -0.4 is 10.1 Å². The highest BCUT2D eigenvalue weighted by atomic mass is 79.9. The molecule has 0 aliphatic heterocycles. The fraction of sp³-hybridized carbons (Fsp3) is 0.368. The third-order valence-electron chi connectivity index (χ3n) is 3.93. The summed E-state index contributed by atoms with van der Waals surface area (Å²) >= 11 is 3.00. The molecule has 0 bridgehead atoms. The molecule has 2 aromatic rings. The van der Waals surface area contributed by atoms with Crippen LogP contribution in [0.15, 0.2) is 40.9 Å². The van der Waals surface area contributed by atoms with E-state index in [-0.39, 0.29) is 19.2 Å². The highest BCUT2D eigenvalue weighted by Crippen LogP contribution is 2.26. The number of benzene rings is 2. The lowest BCUT2D eigenvalue weighted by atomic mass is 10.0. The molecule has 136 valence electrons. The number of aryl methyl sites for hydroxylation is 1. The molecule has 0 saturated carbocycles. The lowest BCUT2D eigenvalue weighted by molar-refractivity contribution is 0.0993. The van der Waals surface area contributed by atoms with E-state index in [9.17, 15) is 13.9 Å². The van der Waals surface area contributed by atoms with E-state index in [1.54, 1.807) is 0 Å². The quantitative estimate of drug-likeness (QED) is 0.674. The lowest BCUT2D eigenvalue weighted by Crippen LogP contribution is -2.33. The van der Waals surface area contributed by atoms with Gasteiger partial charge in [-0.15, -0.1) is 0 Å². The Morgan fingerprint density at radius 3 is 2.32 bits per heavy atom. The average Bonchev–Trinajstić information content (AvgIpc) is 2.58. The summed E-state index contributed by atoms with van der Waals surface area (Å²) in [7, 11) is 0. The maximum Gasteiger partial charge on any atom is 0.190 e. The maximum absolute atomic E-state index is 13.7. The Morgan fingerprint density at radius 2 is 1.76 bits per heavy atom. The predicted octanol–water partition coefficient (Wildman–Crippen LogP) is 4.38. The van der Waals surface area contributed by atoms with Crippen LogP contribution in [0, 0.1) is 11.6 Å². The Bertz CT molecular complexity index is 671. The van der Waals surface area contributed by atoms with Crippen molar-refractivity contribution in [3.05, 3.63) is 63.6 Å². The second-order valence-electron chi connectivity index (χ2n) is 5.89. The van der Waals surface area contributed by atoms with Gasteiger partial charge in [0.05, 0.1) is 0 Å². The van der Waals surface area contributed by atoms with Crippen LogP contribution >= 0.6 is 15.9 Å². The van der Waals surface area contributed by atoms with Crippen LogP contribution in [0.1, 0.15) is 31.0 Å². The summed E-state index contributed by atoms with van der Waals surface area (Å²) in [6.45, 7) is 4.13. The molecule has 0 amide bonds. The standard InChI is InChI=1S/C19H22BrF2NO2/c1-3-13-4-6-14(7-5-13)12(2)23-10-16(24)11-25-19-17(21)8-15(20)9-18(19)22/h4-9,12,16,23-24H,3,10-11H2,1-2H3. The highest BCUT2D eigenvalue weighted by molar-refractivity contribution is 9.10. The van der Waals surface area contributed by atoms with Crippen LogP contribution in [-0.4, -0.2) is 24.4 Å². The van der Waals surface area contributed by atoms with Gasteiger partial charge in [0.15, 0.2) is 17.4 Å². The van der Waals surface area contributed by atoms with Crippen molar-refractivity contribution in [2.24, 2.45) is 0 Å². The van der Waals surface area contributed by atoms with Crippen LogP contribution in [0.25, 0.3) is 0 Å². The van der Waals surface area contributed by atoms with E-state index in [1.165, 1.54) is 5.56 Å². The topological polar surface area (TPSA) is 41.5 Å². The molecular formula is C19H22BrF2NO2. The number of ether oxygens (including phenoxy) is 1. The Balaban J connectivity index is 1.83. The maximum atomic E-state index is 13.7. The lowest BCUT2D eigenvalue weighted by Gasteiger charge is -2.18. The third kappa shape index (κ3) is 5.76. The summed E-state index contributed by atoms with van der Waals surface area (Å²) in [5.41, 5.74) is 2.37. The van der Waals surface area contributed by atoms with Gasteiger partial charge in [-0.3, -0.25) is 0 Å². The molecule has 0 fully saturated rings. The Hall–Kier alpha value is -1.50. The van der Waals surface area contributed by atoms with Crippen LogP contribution in [0.5, 0.6) is 5.75 Å². The first kappa shape index (κ1) is 19.8. The minimum Gasteiger partial charge on any atom is -0.485 e. The molecule has 25 heavy (non-hydrogen) atoms. The van der Waals surface area contributed by atoms with Crippen LogP contribution in [0.2, 0.25) is 0 Å². The summed E-state index contributed by atoms with van der Waals surface area (Å²) in [4.78, 5) is 0. The van der Waals surface area contributed by atoms with Gasteiger partial charge in [0.25, 0.3) is 0 Å². The van der Waals surface area contributed by atoms with Gasteiger partial charge >= 0.3 is 0 Å². The normalized spacial score (nSPS) is 13.5. The van der Waals surface area contributed by atoms with Crippen molar-refractivity contribution >= 4 is 15.9 Å². The summed E-state index contributed by atoms with van der Waals surface area (Å²) in [6.07, 6.45) is 0.0984. The number of hydrogen-bond acceptors (Lipinski definition) is 3. The van der Waals surface area contributed by atoms with Crippen LogP contribution in [0.3, 0.4) is 0 Å². The van der Waals surface area contributed by atoms with Gasteiger partial charge in [0.2, 0.25) is 0 Å². The molecule has 6 heteroatoms. The Kier molecular flexibility index (Phi) is 7.35. The molecule has 0 heterocycles. The molecule has 0 radical (unpaired) electrons. The molecule has 0 aliphatic rings. The number of hydrogen-bond donors (Lipinski definition) is 2. The first-order valence-electron chi connectivity index (χ1n) is 8.18. The molecule has 0 spiro atoms. The summed E-state index contributed by atoms with van der Waals surface area (Å²) in [5, 5.41) is 13.2. The number of halogens is 3. The minimum absolute atomic E-state index is 0.0432. The second kappa shape index (κ2) is 9.27. The second-order valence-corrected chi connectivity index (χ2v) is 6.80. The minimum atomic E-state index is -0.889. The molecule has 2 rings (SSSR count). The van der Waals surface area contributed by atoms with Crippen LogP contribution in [0.4, 0.5) is 8.78 Å². The van der Waals surface area contributed by atoms with Crippen molar-refractivity contribution in [2.45, 2.75) is 32.4 Å². The molecule has 2 unspecified atom stereocenters. The monoisotopic (exact) mass is 413 g/mol. The number of nitrogens with one attached hydrogen (secondary N) is 1. The molecule has 0 aromatic heterocycles. The zero-order valence-electron chi connectivity index (χ0n) is 14.2. The fourth-order valence-electron chi connectivity index (χ4n) is 2.38. The van der Waals surface area contributed by atoms with Gasteiger partial charge in [-0.2, -0.15) is 0 Å². The van der Waals surface area contributed by atoms with Crippen molar-refractivity contribution in [1.82, 2.24) is 5.32 Å². The van der Waals surface area contributed by atoms with E-state index < -0.39 is 23.5 Å². The molecule has 3 nitrogen and oxygen atoms in total. The predicted molar refractivity (Wildman–Crippen MR) is 97.8 cm³/mol. The number of aliphatic hydroxyl groups excluding tert-OH is 1. The SMILES string of the molecule is CCc1ccc(C(C)NCC(O)COc2c(F)cc(Br)cc2F)cc1. The summed E-state index contributed by atoms with van der Waals surface area (Å²) < 4.78 is 32.7. The fourth-order valence-corrected chi connectivity index (χ4v) is 2.78. The van der Waals surface area contributed by atoms with Crippen molar-refractivity contribution in [2.75, 3.05) is 13.2 Å². The van der Waals surface area contributed by atoms with E-state index in [0.29, 0.717) is 4.47 Å². The van der Waals surface area contributed by atoms with Crippen LogP contribution in [-0.2, 0) is 6.42 Å². The van der Waals surface area contributed by atoms with E-state index in [4.69, 9.17) is 4.74 Å². The average molecular weight is 414 g/mol. The van der Waals surface area contributed by atoms with E-state index in [2.05, 4.69) is 40.3 Å². The molecule has 2 aromatic carbocycles. The van der Waals surface area contributed by atoms with Gasteiger partial charge in [-0.05, 0) is 36.6 Å². The Labute approximate surface area is 155 Å². The van der Waals surface area contributed by atoms with Gasteiger partial charge in [-0.25, -0.2) is 8.78 Å². The van der Waals surface area contributed by atoms with Gasteiger partial charge in [0, 0.05) is 17.1 Å². The number of aliphatic hydroxyl groups is 1. The zero-order chi connectivity index (χ0) is 18.4. The van der Waals surface area contributed by atoms with Gasteiger partial charge in [-0.1, -0.05) is 47.1 Å². The smallest absolute Gasteiger partial charge is 0.190 e. The van der Waals surface area contributed by atoms with Crippen molar-refractivity contribution < 1.29 is 18.6 Å².